The van der Waals surface area contributed by atoms with Crippen LogP contribution in [0.15, 0.2) is 59.0 Å². The average molecular weight is 445 g/mol. The van der Waals surface area contributed by atoms with Crippen molar-refractivity contribution < 1.29 is 9.21 Å². The standard InChI is InChI=1S/C22H18Cl2N2O2S/c1-13-9-14(2)11-16(10-13)25-22(29)26-21(27)8-5-17-4-7-20(28-17)18-6-3-15(23)12-19(18)24/h3-12H,1-2H3,(H2,25,26,27,29)/b8-5+. The van der Waals surface area contributed by atoms with Crippen molar-refractivity contribution >= 4 is 58.2 Å². The van der Waals surface area contributed by atoms with Crippen LogP contribution in [0.4, 0.5) is 5.69 Å². The van der Waals surface area contributed by atoms with Crippen LogP contribution in [0.5, 0.6) is 0 Å². The monoisotopic (exact) mass is 444 g/mol. The molecule has 148 valence electrons. The third kappa shape index (κ3) is 5.94. The Kier molecular flexibility index (Phi) is 6.75. The van der Waals surface area contributed by atoms with Gasteiger partial charge in [0, 0.05) is 22.3 Å². The highest BCUT2D eigenvalue weighted by molar-refractivity contribution is 7.80. The molecule has 1 aromatic heterocycles. The molecular weight excluding hydrogens is 427 g/mol. The zero-order valence-electron chi connectivity index (χ0n) is 15.8. The summed E-state index contributed by atoms with van der Waals surface area (Å²) < 4.78 is 5.72. The van der Waals surface area contributed by atoms with Gasteiger partial charge < -0.3 is 9.73 Å². The Morgan fingerprint density at radius 2 is 1.76 bits per heavy atom. The summed E-state index contributed by atoms with van der Waals surface area (Å²) in [6.45, 7) is 3.99. The number of hydrogen-bond acceptors (Lipinski definition) is 3. The second-order valence-electron chi connectivity index (χ2n) is 6.48. The van der Waals surface area contributed by atoms with E-state index in [1.807, 2.05) is 26.0 Å². The van der Waals surface area contributed by atoms with Crippen LogP contribution in [0.3, 0.4) is 0 Å². The molecule has 0 bridgehead atoms. The maximum absolute atomic E-state index is 12.1. The topological polar surface area (TPSA) is 54.3 Å². The molecule has 0 aliphatic carbocycles. The second kappa shape index (κ2) is 9.27. The van der Waals surface area contributed by atoms with Crippen molar-refractivity contribution in [1.29, 1.82) is 0 Å². The van der Waals surface area contributed by atoms with Gasteiger partial charge in [0.25, 0.3) is 0 Å². The van der Waals surface area contributed by atoms with Gasteiger partial charge in [-0.05, 0) is 85.7 Å². The smallest absolute Gasteiger partial charge is 0.250 e. The maximum Gasteiger partial charge on any atom is 0.250 e. The molecule has 3 aromatic rings. The van der Waals surface area contributed by atoms with Gasteiger partial charge in [-0.15, -0.1) is 0 Å². The lowest BCUT2D eigenvalue weighted by molar-refractivity contribution is -0.115. The van der Waals surface area contributed by atoms with Crippen LogP contribution in [-0.2, 0) is 4.79 Å². The Bertz CT molecular complexity index is 1090. The number of halogens is 2. The maximum atomic E-state index is 12.1. The van der Waals surface area contributed by atoms with Gasteiger partial charge in [-0.2, -0.15) is 0 Å². The van der Waals surface area contributed by atoms with Gasteiger partial charge >= 0.3 is 0 Å². The third-order valence-electron chi connectivity index (χ3n) is 3.94. The normalized spacial score (nSPS) is 10.9. The molecule has 0 spiro atoms. The van der Waals surface area contributed by atoms with Crippen molar-refractivity contribution in [3.63, 3.8) is 0 Å². The Hall–Kier alpha value is -2.60. The van der Waals surface area contributed by atoms with E-state index in [1.54, 1.807) is 36.4 Å². The molecule has 0 radical (unpaired) electrons. The number of carbonyl (C=O) groups excluding carboxylic acids is 1. The van der Waals surface area contributed by atoms with Crippen molar-refractivity contribution in [2.24, 2.45) is 0 Å². The lowest BCUT2D eigenvalue weighted by Crippen LogP contribution is -2.32. The van der Waals surface area contributed by atoms with Gasteiger partial charge in [-0.25, -0.2) is 0 Å². The number of thiocarbonyl (C=S) groups is 1. The molecule has 0 aliphatic rings. The van der Waals surface area contributed by atoms with E-state index in [1.165, 1.54) is 6.08 Å². The van der Waals surface area contributed by atoms with Gasteiger partial charge in [0.1, 0.15) is 11.5 Å². The van der Waals surface area contributed by atoms with E-state index in [4.69, 9.17) is 39.8 Å². The first-order valence-corrected chi connectivity index (χ1v) is 9.90. The minimum Gasteiger partial charge on any atom is -0.457 e. The predicted molar refractivity (Wildman–Crippen MR) is 123 cm³/mol. The summed E-state index contributed by atoms with van der Waals surface area (Å²) in [4.78, 5) is 12.1. The third-order valence-corrected chi connectivity index (χ3v) is 4.69. The highest BCUT2D eigenvalue weighted by Crippen LogP contribution is 2.31. The summed E-state index contributed by atoms with van der Waals surface area (Å²) in [5.41, 5.74) is 3.76. The Labute approximate surface area is 184 Å². The van der Waals surface area contributed by atoms with E-state index in [0.717, 1.165) is 22.4 Å². The summed E-state index contributed by atoms with van der Waals surface area (Å²) >= 11 is 17.3. The fourth-order valence-corrected chi connectivity index (χ4v) is 3.52. The molecule has 0 unspecified atom stereocenters. The summed E-state index contributed by atoms with van der Waals surface area (Å²) in [7, 11) is 0. The Morgan fingerprint density at radius 1 is 1.03 bits per heavy atom. The molecule has 0 fully saturated rings. The molecule has 1 amide bonds. The number of anilines is 1. The van der Waals surface area contributed by atoms with E-state index in [2.05, 4.69) is 16.7 Å². The van der Waals surface area contributed by atoms with E-state index in [0.29, 0.717) is 21.6 Å². The molecule has 4 nitrogen and oxygen atoms in total. The zero-order chi connectivity index (χ0) is 21.0. The molecule has 3 rings (SSSR count). The van der Waals surface area contributed by atoms with E-state index >= 15 is 0 Å². The predicted octanol–water partition coefficient (Wildman–Crippen LogP) is 6.40. The highest BCUT2D eigenvalue weighted by atomic mass is 35.5. The molecular formula is C22H18Cl2N2O2S. The van der Waals surface area contributed by atoms with Crippen LogP contribution in [0.1, 0.15) is 16.9 Å². The van der Waals surface area contributed by atoms with Crippen molar-refractivity contribution in [3.05, 3.63) is 81.5 Å². The minimum atomic E-state index is -0.366. The molecule has 7 heteroatoms. The number of nitrogens with one attached hydrogen (secondary N) is 2. The summed E-state index contributed by atoms with van der Waals surface area (Å²) in [6.07, 6.45) is 2.91. The quantitative estimate of drug-likeness (QED) is 0.361. The van der Waals surface area contributed by atoms with Crippen LogP contribution < -0.4 is 10.6 Å². The fourth-order valence-electron chi connectivity index (χ4n) is 2.80. The molecule has 1 heterocycles. The number of rotatable bonds is 4. The molecule has 2 N–H and O–H groups in total. The van der Waals surface area contributed by atoms with Crippen LogP contribution in [0, 0.1) is 13.8 Å². The fraction of sp³-hybridized carbons (Fsp3) is 0.0909. The lowest BCUT2D eigenvalue weighted by Gasteiger charge is -2.09. The average Bonchev–Trinajstić information content (AvgIpc) is 3.07. The number of amides is 1. The van der Waals surface area contributed by atoms with Crippen molar-refractivity contribution in [2.45, 2.75) is 13.8 Å². The molecule has 0 saturated carbocycles. The first kappa shape index (κ1) is 21.1. The minimum absolute atomic E-state index is 0.220. The van der Waals surface area contributed by atoms with Gasteiger partial charge in [0.15, 0.2) is 5.11 Å². The van der Waals surface area contributed by atoms with E-state index < -0.39 is 0 Å². The largest absolute Gasteiger partial charge is 0.457 e. The number of aryl methyl sites for hydroxylation is 2. The summed E-state index contributed by atoms with van der Waals surface area (Å²) in [5.74, 6) is 0.724. The van der Waals surface area contributed by atoms with Crippen molar-refractivity contribution in [3.8, 4) is 11.3 Å². The van der Waals surface area contributed by atoms with Gasteiger partial charge in [0.05, 0.1) is 5.02 Å². The summed E-state index contributed by atoms with van der Waals surface area (Å²) in [5, 5.41) is 6.87. The highest BCUT2D eigenvalue weighted by Gasteiger charge is 2.09. The van der Waals surface area contributed by atoms with Crippen molar-refractivity contribution in [2.75, 3.05) is 5.32 Å². The van der Waals surface area contributed by atoms with Crippen molar-refractivity contribution in [1.82, 2.24) is 5.32 Å². The molecule has 0 atom stereocenters. The van der Waals surface area contributed by atoms with Gasteiger partial charge in [-0.1, -0.05) is 29.3 Å². The number of carbonyl (C=O) groups is 1. The van der Waals surface area contributed by atoms with E-state index in [9.17, 15) is 4.79 Å². The molecule has 0 aliphatic heterocycles. The van der Waals surface area contributed by atoms with Crippen LogP contribution in [-0.4, -0.2) is 11.0 Å². The molecule has 2 aromatic carbocycles. The Balaban J connectivity index is 1.60. The lowest BCUT2D eigenvalue weighted by atomic mass is 10.1. The first-order chi connectivity index (χ1) is 13.8. The molecule has 29 heavy (non-hydrogen) atoms. The van der Waals surface area contributed by atoms with Crippen LogP contribution in [0.2, 0.25) is 10.0 Å². The molecule has 0 saturated heterocycles. The Morgan fingerprint density at radius 3 is 2.45 bits per heavy atom. The zero-order valence-corrected chi connectivity index (χ0v) is 18.1. The number of hydrogen-bond donors (Lipinski definition) is 2. The van der Waals surface area contributed by atoms with Gasteiger partial charge in [-0.3, -0.25) is 10.1 Å². The van der Waals surface area contributed by atoms with Crippen LogP contribution >= 0.6 is 35.4 Å². The van der Waals surface area contributed by atoms with E-state index in [-0.39, 0.29) is 11.0 Å². The first-order valence-electron chi connectivity index (χ1n) is 8.74. The SMILES string of the molecule is Cc1cc(C)cc(NC(=S)NC(=O)/C=C/c2ccc(-c3ccc(Cl)cc3Cl)o2)c1. The van der Waals surface area contributed by atoms with Crippen LogP contribution in [0.25, 0.3) is 17.4 Å². The number of furan rings is 1. The summed E-state index contributed by atoms with van der Waals surface area (Å²) in [6, 6.07) is 14.6. The van der Waals surface area contributed by atoms with Gasteiger partial charge in [0.2, 0.25) is 5.91 Å². The second-order valence-corrected chi connectivity index (χ2v) is 7.73. The number of benzene rings is 2.